The second-order valence-corrected chi connectivity index (χ2v) is 7.01. The molecule has 0 saturated carbocycles. The number of nitrogens with one attached hydrogen (secondary N) is 1. The van der Waals surface area contributed by atoms with Crippen LogP contribution in [-0.2, 0) is 17.3 Å². The molecule has 1 atom stereocenters. The van der Waals surface area contributed by atoms with Gasteiger partial charge in [0.25, 0.3) is 5.91 Å². The highest BCUT2D eigenvalue weighted by Gasteiger charge is 2.11. The number of hydrogen-bond donors (Lipinski definition) is 1. The summed E-state index contributed by atoms with van der Waals surface area (Å²) >= 11 is 0. The van der Waals surface area contributed by atoms with E-state index in [1.807, 2.05) is 36.4 Å². The molecule has 0 aromatic heterocycles. The zero-order valence-electron chi connectivity index (χ0n) is 14.1. The first-order chi connectivity index (χ1) is 12.1. The molecule has 5 heteroatoms. The van der Waals surface area contributed by atoms with E-state index in [4.69, 9.17) is 4.74 Å². The van der Waals surface area contributed by atoms with Crippen LogP contribution < -0.4 is 10.1 Å². The normalized spacial score (nSPS) is 11.9. The zero-order chi connectivity index (χ0) is 17.8. The van der Waals surface area contributed by atoms with Gasteiger partial charge in [-0.3, -0.25) is 9.00 Å². The van der Waals surface area contributed by atoms with Crippen molar-refractivity contribution in [2.75, 3.05) is 13.4 Å². The van der Waals surface area contributed by atoms with Gasteiger partial charge in [-0.1, -0.05) is 30.3 Å². The molecule has 25 heavy (non-hydrogen) atoms. The van der Waals surface area contributed by atoms with Gasteiger partial charge >= 0.3 is 0 Å². The van der Waals surface area contributed by atoms with Gasteiger partial charge in [-0.25, -0.2) is 0 Å². The zero-order valence-corrected chi connectivity index (χ0v) is 14.9. The maximum atomic E-state index is 12.4. The van der Waals surface area contributed by atoms with E-state index >= 15 is 0 Å². The lowest BCUT2D eigenvalue weighted by Gasteiger charge is -2.13. The molecule has 0 heterocycles. The molecule has 1 N–H and O–H groups in total. The summed E-state index contributed by atoms with van der Waals surface area (Å²) in [6.07, 6.45) is 1.61. The standard InChI is InChI=1S/C20H19NO3S/c1-24-19-12-9-14-5-3-4-6-17(14)18(19)13-21-20(22)15-7-10-16(11-8-15)25(2)23/h3-12H,13H2,1-2H3,(H,21,22)/t25-/m0/s1. The maximum Gasteiger partial charge on any atom is 0.251 e. The molecule has 0 bridgehead atoms. The van der Waals surface area contributed by atoms with E-state index in [1.54, 1.807) is 37.6 Å². The summed E-state index contributed by atoms with van der Waals surface area (Å²) in [5.74, 6) is 0.569. The van der Waals surface area contributed by atoms with Crippen molar-refractivity contribution in [1.82, 2.24) is 5.32 Å². The smallest absolute Gasteiger partial charge is 0.251 e. The predicted octanol–water partition coefficient (Wildman–Crippen LogP) is 3.52. The molecule has 0 fully saturated rings. The molecule has 0 unspecified atom stereocenters. The van der Waals surface area contributed by atoms with Gasteiger partial charge in [-0.05, 0) is 41.1 Å². The van der Waals surface area contributed by atoms with Crippen LogP contribution in [0.3, 0.4) is 0 Å². The van der Waals surface area contributed by atoms with Crippen molar-refractivity contribution in [1.29, 1.82) is 0 Å². The molecular weight excluding hydrogens is 334 g/mol. The highest BCUT2D eigenvalue weighted by atomic mass is 32.2. The fourth-order valence-corrected chi connectivity index (χ4v) is 3.28. The Labute approximate surface area is 149 Å². The molecular formula is C20H19NO3S. The lowest BCUT2D eigenvalue weighted by atomic mass is 10.0. The predicted molar refractivity (Wildman–Crippen MR) is 100 cm³/mol. The quantitative estimate of drug-likeness (QED) is 0.764. The third-order valence-electron chi connectivity index (χ3n) is 4.09. The van der Waals surface area contributed by atoms with E-state index in [2.05, 4.69) is 5.32 Å². The Balaban J connectivity index is 1.82. The highest BCUT2D eigenvalue weighted by Crippen LogP contribution is 2.27. The molecule has 128 valence electrons. The molecule has 3 aromatic rings. The van der Waals surface area contributed by atoms with Gasteiger partial charge in [0, 0.05) is 39.6 Å². The van der Waals surface area contributed by atoms with Crippen LogP contribution in [0.5, 0.6) is 5.75 Å². The number of fused-ring (bicyclic) bond motifs is 1. The minimum absolute atomic E-state index is 0.177. The van der Waals surface area contributed by atoms with E-state index < -0.39 is 10.8 Å². The molecule has 4 nitrogen and oxygen atoms in total. The van der Waals surface area contributed by atoms with Crippen LogP contribution in [0.2, 0.25) is 0 Å². The molecule has 0 aliphatic carbocycles. The number of amides is 1. The Morgan fingerprint density at radius 3 is 2.44 bits per heavy atom. The van der Waals surface area contributed by atoms with E-state index in [-0.39, 0.29) is 5.91 Å². The number of hydrogen-bond acceptors (Lipinski definition) is 3. The summed E-state index contributed by atoms with van der Waals surface area (Å²) < 4.78 is 16.9. The van der Waals surface area contributed by atoms with Crippen molar-refractivity contribution >= 4 is 27.5 Å². The molecule has 0 aliphatic rings. The van der Waals surface area contributed by atoms with Crippen molar-refractivity contribution in [2.45, 2.75) is 11.4 Å². The fourth-order valence-electron chi connectivity index (χ4n) is 2.76. The Morgan fingerprint density at radius 2 is 1.76 bits per heavy atom. The van der Waals surface area contributed by atoms with E-state index in [1.165, 1.54) is 0 Å². The first-order valence-electron chi connectivity index (χ1n) is 7.86. The monoisotopic (exact) mass is 353 g/mol. The Kier molecular flexibility index (Phi) is 5.14. The van der Waals surface area contributed by atoms with Gasteiger partial charge in [-0.15, -0.1) is 0 Å². The van der Waals surface area contributed by atoms with Crippen LogP contribution in [0.15, 0.2) is 65.6 Å². The summed E-state index contributed by atoms with van der Waals surface area (Å²) in [5, 5.41) is 5.09. The molecule has 0 spiro atoms. The van der Waals surface area contributed by atoms with Gasteiger partial charge in [0.2, 0.25) is 0 Å². The third-order valence-corrected chi connectivity index (χ3v) is 5.03. The van der Waals surface area contributed by atoms with Gasteiger partial charge < -0.3 is 10.1 Å². The SMILES string of the molecule is COc1ccc2ccccc2c1CNC(=O)c1ccc([S@](C)=O)cc1. The number of carbonyl (C=O) groups is 1. The van der Waals surface area contributed by atoms with Gasteiger partial charge in [-0.2, -0.15) is 0 Å². The maximum absolute atomic E-state index is 12.4. The fraction of sp³-hybridized carbons (Fsp3) is 0.150. The van der Waals surface area contributed by atoms with Crippen LogP contribution in [-0.4, -0.2) is 23.5 Å². The van der Waals surface area contributed by atoms with Gasteiger partial charge in [0.1, 0.15) is 5.75 Å². The Bertz CT molecular complexity index is 935. The van der Waals surface area contributed by atoms with E-state index in [9.17, 15) is 9.00 Å². The first-order valence-corrected chi connectivity index (χ1v) is 9.42. The van der Waals surface area contributed by atoms with Crippen LogP contribution >= 0.6 is 0 Å². The topological polar surface area (TPSA) is 55.4 Å². The number of rotatable bonds is 5. The van der Waals surface area contributed by atoms with Crippen LogP contribution in [0.4, 0.5) is 0 Å². The van der Waals surface area contributed by atoms with Crippen LogP contribution in [0, 0.1) is 0 Å². The number of methoxy groups -OCH3 is 1. The van der Waals surface area contributed by atoms with E-state index in [0.29, 0.717) is 17.0 Å². The van der Waals surface area contributed by atoms with Crippen LogP contribution in [0.1, 0.15) is 15.9 Å². The average Bonchev–Trinajstić information content (AvgIpc) is 2.65. The Hall–Kier alpha value is -2.66. The largest absolute Gasteiger partial charge is 0.496 e. The number of carbonyl (C=O) groups excluding carboxylic acids is 1. The van der Waals surface area contributed by atoms with Crippen LogP contribution in [0.25, 0.3) is 10.8 Å². The highest BCUT2D eigenvalue weighted by molar-refractivity contribution is 7.84. The minimum Gasteiger partial charge on any atom is -0.496 e. The summed E-state index contributed by atoms with van der Waals surface area (Å²) in [5.41, 5.74) is 1.48. The first kappa shape index (κ1) is 17.2. The summed E-state index contributed by atoms with van der Waals surface area (Å²) in [7, 11) is 0.572. The molecule has 0 saturated heterocycles. The molecule has 0 radical (unpaired) electrons. The summed E-state index contributed by atoms with van der Waals surface area (Å²) in [6, 6.07) is 18.7. The second kappa shape index (κ2) is 7.49. The summed E-state index contributed by atoms with van der Waals surface area (Å²) in [4.78, 5) is 13.1. The molecule has 3 aromatic carbocycles. The van der Waals surface area contributed by atoms with Gasteiger partial charge in [0.05, 0.1) is 7.11 Å². The van der Waals surface area contributed by atoms with Gasteiger partial charge in [0.15, 0.2) is 0 Å². The Morgan fingerprint density at radius 1 is 1.04 bits per heavy atom. The lowest BCUT2D eigenvalue weighted by molar-refractivity contribution is 0.0951. The lowest BCUT2D eigenvalue weighted by Crippen LogP contribution is -2.23. The van der Waals surface area contributed by atoms with E-state index in [0.717, 1.165) is 22.1 Å². The van der Waals surface area contributed by atoms with Crippen molar-refractivity contribution in [2.24, 2.45) is 0 Å². The number of benzene rings is 3. The van der Waals surface area contributed by atoms with Crippen molar-refractivity contribution in [3.8, 4) is 5.75 Å². The third kappa shape index (κ3) is 3.72. The minimum atomic E-state index is -1.05. The molecule has 1 amide bonds. The van der Waals surface area contributed by atoms with Crippen molar-refractivity contribution < 1.29 is 13.7 Å². The average molecular weight is 353 g/mol. The summed E-state index contributed by atoms with van der Waals surface area (Å²) in [6.45, 7) is 0.366. The van der Waals surface area contributed by atoms with Crippen molar-refractivity contribution in [3.63, 3.8) is 0 Å². The molecule has 0 aliphatic heterocycles. The second-order valence-electron chi connectivity index (χ2n) is 5.63. The van der Waals surface area contributed by atoms with Crippen molar-refractivity contribution in [3.05, 3.63) is 71.8 Å². The molecule has 3 rings (SSSR count). The number of ether oxygens (including phenoxy) is 1.